The summed E-state index contributed by atoms with van der Waals surface area (Å²) >= 11 is 7.22. The molecule has 2 heterocycles. The van der Waals surface area contributed by atoms with Gasteiger partial charge >= 0.3 is 0 Å². The molecule has 0 bridgehead atoms. The quantitative estimate of drug-likeness (QED) is 0.814. The number of rotatable bonds is 4. The minimum absolute atomic E-state index is 0.0312. The van der Waals surface area contributed by atoms with E-state index in [2.05, 4.69) is 25.0 Å². The van der Waals surface area contributed by atoms with Crippen LogP contribution in [0.4, 0.5) is 5.95 Å². The number of nitrogens with zero attached hydrogens (tertiary/aromatic N) is 4. The number of nitrogens with one attached hydrogen (secondary N) is 2. The van der Waals surface area contributed by atoms with Crippen molar-refractivity contribution in [3.8, 4) is 0 Å². The van der Waals surface area contributed by atoms with Crippen molar-refractivity contribution in [1.29, 1.82) is 0 Å². The number of halogens is 1. The van der Waals surface area contributed by atoms with E-state index in [-0.39, 0.29) is 16.0 Å². The molecule has 0 radical (unpaired) electrons. The summed E-state index contributed by atoms with van der Waals surface area (Å²) in [5.74, 6) is 0.0312. The Labute approximate surface area is 119 Å². The Morgan fingerprint density at radius 2 is 2.16 bits per heavy atom. The Morgan fingerprint density at radius 1 is 1.47 bits per heavy atom. The van der Waals surface area contributed by atoms with Gasteiger partial charge in [-0.3, -0.25) is 4.68 Å². The van der Waals surface area contributed by atoms with Crippen LogP contribution in [0.3, 0.4) is 0 Å². The molecule has 2 aromatic heterocycles. The summed E-state index contributed by atoms with van der Waals surface area (Å²) < 4.78 is 28.0. The van der Waals surface area contributed by atoms with Crippen molar-refractivity contribution < 1.29 is 8.42 Å². The number of H-pyrrole nitrogens is 1. The van der Waals surface area contributed by atoms with Crippen molar-refractivity contribution >= 4 is 39.3 Å². The van der Waals surface area contributed by atoms with Crippen molar-refractivity contribution in [2.45, 2.75) is 17.0 Å². The van der Waals surface area contributed by atoms with E-state index in [1.165, 1.54) is 16.4 Å². The number of hydrogen-bond donors (Lipinski definition) is 2. The van der Waals surface area contributed by atoms with Gasteiger partial charge in [-0.05, 0) is 13.2 Å². The van der Waals surface area contributed by atoms with E-state index in [4.69, 9.17) is 11.6 Å². The molecule has 0 spiro atoms. The smallest absolute Gasteiger partial charge is 0.255 e. The van der Waals surface area contributed by atoms with Crippen LogP contribution in [0.1, 0.15) is 5.69 Å². The van der Waals surface area contributed by atoms with Crippen molar-refractivity contribution in [2.75, 3.05) is 11.0 Å². The SMILES string of the molecule is CSc1n[nH]c(NS(=O)(=O)c2c(C)nn(C)c2Cl)n1. The number of thioether (sulfide) groups is 1. The summed E-state index contributed by atoms with van der Waals surface area (Å²) in [4.78, 5) is 3.87. The van der Waals surface area contributed by atoms with Gasteiger partial charge in [0.1, 0.15) is 10.0 Å². The molecule has 0 saturated heterocycles. The molecule has 2 rings (SSSR count). The van der Waals surface area contributed by atoms with Crippen LogP contribution in [0.2, 0.25) is 5.15 Å². The highest BCUT2D eigenvalue weighted by molar-refractivity contribution is 7.98. The maximum atomic E-state index is 12.2. The topological polar surface area (TPSA) is 106 Å². The number of aromatic amines is 1. The molecule has 2 N–H and O–H groups in total. The molecule has 8 nitrogen and oxygen atoms in total. The maximum Gasteiger partial charge on any atom is 0.269 e. The summed E-state index contributed by atoms with van der Waals surface area (Å²) in [6.07, 6.45) is 1.78. The molecule has 0 aromatic carbocycles. The molecule has 19 heavy (non-hydrogen) atoms. The highest BCUT2D eigenvalue weighted by atomic mass is 35.5. The first-order valence-corrected chi connectivity index (χ1v) is 8.12. The molecule has 0 atom stereocenters. The number of aromatic nitrogens is 5. The third-order valence-corrected chi connectivity index (χ3v) is 4.83. The van der Waals surface area contributed by atoms with Crippen molar-refractivity contribution in [2.24, 2.45) is 7.05 Å². The van der Waals surface area contributed by atoms with Crippen LogP contribution < -0.4 is 4.72 Å². The van der Waals surface area contributed by atoms with Gasteiger partial charge in [0.2, 0.25) is 11.1 Å². The molecule has 0 unspecified atom stereocenters. The minimum atomic E-state index is -3.86. The van der Waals surface area contributed by atoms with E-state index in [9.17, 15) is 8.42 Å². The Hall–Kier alpha value is -1.26. The first kappa shape index (κ1) is 14.2. The van der Waals surface area contributed by atoms with Gasteiger partial charge in [-0.1, -0.05) is 23.4 Å². The molecule has 0 aliphatic heterocycles. The monoisotopic (exact) mass is 322 g/mol. The fraction of sp³-hybridized carbons (Fsp3) is 0.375. The van der Waals surface area contributed by atoms with Crippen LogP contribution in [-0.4, -0.2) is 39.6 Å². The van der Waals surface area contributed by atoms with E-state index in [0.717, 1.165) is 0 Å². The summed E-state index contributed by atoms with van der Waals surface area (Å²) in [6.45, 7) is 1.56. The Balaban J connectivity index is 2.37. The van der Waals surface area contributed by atoms with Gasteiger partial charge in [0.25, 0.3) is 10.0 Å². The lowest BCUT2D eigenvalue weighted by Crippen LogP contribution is -2.15. The van der Waals surface area contributed by atoms with Gasteiger partial charge < -0.3 is 0 Å². The van der Waals surface area contributed by atoms with Crippen molar-refractivity contribution in [3.63, 3.8) is 0 Å². The average Bonchev–Trinajstić information content (AvgIpc) is 2.84. The van der Waals surface area contributed by atoms with Crippen molar-refractivity contribution in [1.82, 2.24) is 25.0 Å². The zero-order valence-corrected chi connectivity index (χ0v) is 12.7. The summed E-state index contributed by atoms with van der Waals surface area (Å²) in [5.41, 5.74) is 0.310. The summed E-state index contributed by atoms with van der Waals surface area (Å²) in [7, 11) is -2.29. The van der Waals surface area contributed by atoms with E-state index in [0.29, 0.717) is 10.9 Å². The van der Waals surface area contributed by atoms with Crippen LogP contribution in [-0.2, 0) is 17.1 Å². The fourth-order valence-electron chi connectivity index (χ4n) is 1.48. The average molecular weight is 323 g/mol. The third kappa shape index (κ3) is 2.69. The standard InChI is InChI=1S/C8H11ClN6O2S2/c1-4-5(6(9)15(2)13-4)19(16,17)14-7-10-8(18-3)12-11-7/h1-3H3,(H2,10,11,12,14). The third-order valence-electron chi connectivity index (χ3n) is 2.25. The van der Waals surface area contributed by atoms with Gasteiger partial charge in [0.15, 0.2) is 0 Å². The number of anilines is 1. The zero-order valence-electron chi connectivity index (χ0n) is 10.3. The molecular weight excluding hydrogens is 312 g/mol. The second-order valence-corrected chi connectivity index (χ2v) is 6.36. The maximum absolute atomic E-state index is 12.2. The summed E-state index contributed by atoms with van der Waals surface area (Å²) in [5, 5.41) is 10.7. The van der Waals surface area contributed by atoms with Gasteiger partial charge in [0, 0.05) is 7.05 Å². The van der Waals surface area contributed by atoms with Gasteiger partial charge in [-0.15, -0.1) is 5.10 Å². The molecule has 11 heteroatoms. The van der Waals surface area contributed by atoms with Crippen LogP contribution >= 0.6 is 23.4 Å². The van der Waals surface area contributed by atoms with E-state index < -0.39 is 10.0 Å². The second kappa shape index (κ2) is 5.02. The van der Waals surface area contributed by atoms with Crippen molar-refractivity contribution in [3.05, 3.63) is 10.8 Å². The predicted molar refractivity (Wildman–Crippen MR) is 71.9 cm³/mol. The Morgan fingerprint density at radius 3 is 2.63 bits per heavy atom. The predicted octanol–water partition coefficient (Wildman–Crippen LogP) is 1.02. The Kier molecular flexibility index (Phi) is 3.74. The Bertz CT molecular complexity index is 707. The lowest BCUT2D eigenvalue weighted by Gasteiger charge is -2.03. The fourth-order valence-corrected chi connectivity index (χ4v) is 3.51. The van der Waals surface area contributed by atoms with E-state index in [1.807, 2.05) is 0 Å². The second-order valence-electron chi connectivity index (χ2n) is 3.61. The zero-order chi connectivity index (χ0) is 14.2. The van der Waals surface area contributed by atoms with Crippen LogP contribution in [0.5, 0.6) is 0 Å². The molecule has 2 aromatic rings. The van der Waals surface area contributed by atoms with Crippen LogP contribution in [0.25, 0.3) is 0 Å². The minimum Gasteiger partial charge on any atom is -0.255 e. The number of hydrogen-bond acceptors (Lipinski definition) is 6. The largest absolute Gasteiger partial charge is 0.269 e. The normalized spacial score (nSPS) is 11.8. The summed E-state index contributed by atoms with van der Waals surface area (Å²) in [6, 6.07) is 0. The van der Waals surface area contributed by atoms with Crippen LogP contribution in [0.15, 0.2) is 10.1 Å². The molecule has 0 saturated carbocycles. The first-order valence-electron chi connectivity index (χ1n) is 5.03. The van der Waals surface area contributed by atoms with Gasteiger partial charge in [-0.2, -0.15) is 10.1 Å². The first-order chi connectivity index (χ1) is 8.85. The highest BCUT2D eigenvalue weighted by Gasteiger charge is 2.26. The molecule has 0 fully saturated rings. The van der Waals surface area contributed by atoms with E-state index >= 15 is 0 Å². The van der Waals surface area contributed by atoms with E-state index in [1.54, 1.807) is 20.2 Å². The highest BCUT2D eigenvalue weighted by Crippen LogP contribution is 2.25. The molecule has 0 aliphatic carbocycles. The molecular formula is C8H11ClN6O2S2. The lowest BCUT2D eigenvalue weighted by atomic mass is 10.5. The molecule has 0 amide bonds. The number of aryl methyl sites for hydroxylation is 2. The number of sulfonamides is 1. The van der Waals surface area contributed by atoms with Gasteiger partial charge in [-0.25, -0.2) is 18.2 Å². The van der Waals surface area contributed by atoms with Gasteiger partial charge in [0.05, 0.1) is 5.69 Å². The van der Waals surface area contributed by atoms with Crippen LogP contribution in [0, 0.1) is 6.92 Å². The molecule has 104 valence electrons. The molecule has 0 aliphatic rings. The lowest BCUT2D eigenvalue weighted by molar-refractivity contribution is 0.600.